The molecule has 0 radical (unpaired) electrons. The number of nitrogens with zero attached hydrogens (tertiary/aromatic N) is 1. The molecule has 60 valence electrons. The summed E-state index contributed by atoms with van der Waals surface area (Å²) in [6.07, 6.45) is 0. The third kappa shape index (κ3) is 9.10. The van der Waals surface area contributed by atoms with Gasteiger partial charge in [0.1, 0.15) is 0 Å². The largest absolute Gasteiger partial charge is 0.382 e. The summed E-state index contributed by atoms with van der Waals surface area (Å²) in [5.41, 5.74) is 0. The van der Waals surface area contributed by atoms with E-state index in [4.69, 9.17) is 23.2 Å². The molecule has 0 aliphatic rings. The first kappa shape index (κ1) is 11.1. The summed E-state index contributed by atoms with van der Waals surface area (Å²) in [4.78, 5) is 0. The Morgan fingerprint density at radius 2 is 1.90 bits per heavy atom. The molecule has 0 rings (SSSR count). The molecule has 0 saturated carbocycles. The van der Waals surface area contributed by atoms with Gasteiger partial charge in [-0.2, -0.15) is 13.2 Å². The Kier molecular flexibility index (Phi) is 5.41. The fourth-order valence-corrected chi connectivity index (χ4v) is 1.56. The number of hydrogen-bond donors (Lipinski definition) is 0. The third-order valence-electron chi connectivity index (χ3n) is 0.238. The van der Waals surface area contributed by atoms with E-state index in [0.717, 1.165) is 0 Å². The van der Waals surface area contributed by atoms with Crippen molar-refractivity contribution >= 4 is 61.2 Å². The van der Waals surface area contributed by atoms with Crippen molar-refractivity contribution in [2.45, 2.75) is 4.71 Å². The van der Waals surface area contributed by atoms with Gasteiger partial charge in [0, 0.05) is 10.8 Å². The summed E-state index contributed by atoms with van der Waals surface area (Å²) in [5, 5.41) is 0. The Morgan fingerprint density at radius 3 is 2.20 bits per heavy atom. The van der Waals surface area contributed by atoms with Crippen molar-refractivity contribution in [2.75, 3.05) is 0 Å². The highest BCUT2D eigenvalue weighted by Gasteiger charge is 2.26. The lowest BCUT2D eigenvalue weighted by Crippen LogP contribution is -1.92. The van der Waals surface area contributed by atoms with Crippen molar-refractivity contribution in [2.24, 2.45) is 4.40 Å². The first-order valence-electron chi connectivity index (χ1n) is 1.72. The second-order valence-corrected chi connectivity index (χ2v) is 4.50. The van der Waals surface area contributed by atoms with Gasteiger partial charge in [0.2, 0.25) is 4.63 Å². The quantitative estimate of drug-likeness (QED) is 0.324. The highest BCUT2D eigenvalue weighted by atomic mass is 35.5. The molecule has 0 unspecified atom stereocenters. The molecule has 0 bridgehead atoms. The molecule has 0 spiro atoms. The van der Waals surface area contributed by atoms with Crippen LogP contribution < -0.4 is 0 Å². The Balaban J connectivity index is 3.47. The monoisotopic (exact) mass is 245 g/mol. The van der Waals surface area contributed by atoms with Crippen LogP contribution in [-0.2, 0) is 0 Å². The number of hydrogen-bond acceptors (Lipinski definition) is 3. The summed E-state index contributed by atoms with van der Waals surface area (Å²) in [7, 11) is 0.481. The van der Waals surface area contributed by atoms with Crippen LogP contribution in [0.3, 0.4) is 0 Å². The summed E-state index contributed by atoms with van der Waals surface area (Å²) in [6, 6.07) is 0. The molecule has 1 nitrogen and oxygen atoms in total. The maximum absolute atomic E-state index is 11.7. The Labute approximate surface area is 79.0 Å². The van der Waals surface area contributed by atoms with E-state index in [1.54, 1.807) is 0 Å². The molecule has 0 aromatic heterocycles. The van der Waals surface area contributed by atoms with E-state index in [2.05, 4.69) is 16.0 Å². The SMILES string of the molecule is FC(F)(Cl)SSN=C(Cl)Cl. The maximum atomic E-state index is 11.7. The number of rotatable bonds is 3. The smallest absolute Gasteiger partial charge is 0.180 e. The maximum Gasteiger partial charge on any atom is 0.382 e. The van der Waals surface area contributed by atoms with Crippen LogP contribution in [-0.4, -0.2) is 9.34 Å². The summed E-state index contributed by atoms with van der Waals surface area (Å²) in [5.74, 6) is 0. The topological polar surface area (TPSA) is 12.4 Å². The molecule has 0 heterocycles. The van der Waals surface area contributed by atoms with Gasteiger partial charge in [-0.05, 0) is 34.8 Å². The normalized spacial score (nSPS) is 11.3. The van der Waals surface area contributed by atoms with E-state index in [9.17, 15) is 8.78 Å². The molecule has 0 aromatic rings. The molecule has 0 fully saturated rings. The first-order chi connectivity index (χ1) is 4.42. The Bertz CT molecular complexity index is 131. The van der Waals surface area contributed by atoms with Crippen LogP contribution in [0.25, 0.3) is 0 Å². The second kappa shape index (κ2) is 4.87. The van der Waals surface area contributed by atoms with Crippen LogP contribution >= 0.6 is 56.6 Å². The molecule has 0 atom stereocenters. The van der Waals surface area contributed by atoms with Crippen molar-refractivity contribution < 1.29 is 8.78 Å². The van der Waals surface area contributed by atoms with E-state index >= 15 is 0 Å². The van der Waals surface area contributed by atoms with E-state index < -0.39 is 4.71 Å². The number of alkyl halides is 3. The predicted molar refractivity (Wildman–Crippen MR) is 45.1 cm³/mol. The Hall–Kier alpha value is 1.10. The van der Waals surface area contributed by atoms with Crippen LogP contribution in [0.15, 0.2) is 4.40 Å². The van der Waals surface area contributed by atoms with Crippen LogP contribution in [0.5, 0.6) is 0 Å². The van der Waals surface area contributed by atoms with Crippen molar-refractivity contribution in [3.8, 4) is 0 Å². The molecule has 10 heavy (non-hydrogen) atoms. The van der Waals surface area contributed by atoms with Gasteiger partial charge in [0.15, 0.2) is 0 Å². The van der Waals surface area contributed by atoms with Crippen molar-refractivity contribution in [3.05, 3.63) is 0 Å². The molecule has 0 aliphatic heterocycles. The van der Waals surface area contributed by atoms with Crippen LogP contribution in [0.1, 0.15) is 0 Å². The second-order valence-electron chi connectivity index (χ2n) is 0.935. The summed E-state index contributed by atoms with van der Waals surface area (Å²) >= 11 is 14.5. The third-order valence-corrected chi connectivity index (χ3v) is 2.71. The van der Waals surface area contributed by atoms with E-state index in [1.165, 1.54) is 0 Å². The van der Waals surface area contributed by atoms with Crippen LogP contribution in [0.2, 0.25) is 0 Å². The lowest BCUT2D eigenvalue weighted by molar-refractivity contribution is 0.205. The van der Waals surface area contributed by atoms with Gasteiger partial charge >= 0.3 is 4.71 Å². The lowest BCUT2D eigenvalue weighted by Gasteiger charge is -2.00. The van der Waals surface area contributed by atoms with Crippen LogP contribution in [0.4, 0.5) is 8.78 Å². The fraction of sp³-hybridized carbons (Fsp3) is 0.500. The highest BCUT2D eigenvalue weighted by molar-refractivity contribution is 8.76. The fourth-order valence-electron chi connectivity index (χ4n) is 0.0891. The minimum Gasteiger partial charge on any atom is -0.180 e. The van der Waals surface area contributed by atoms with Crippen molar-refractivity contribution in [1.29, 1.82) is 0 Å². The molecular formula is C2Cl3F2NS2. The molecule has 8 heteroatoms. The van der Waals surface area contributed by atoms with E-state index in [0.29, 0.717) is 11.0 Å². The summed E-state index contributed by atoms with van der Waals surface area (Å²) in [6.45, 7) is 0. The Morgan fingerprint density at radius 1 is 1.40 bits per heavy atom. The van der Waals surface area contributed by atoms with Crippen molar-refractivity contribution in [3.63, 3.8) is 0 Å². The zero-order valence-corrected chi connectivity index (χ0v) is 8.05. The lowest BCUT2D eigenvalue weighted by atomic mass is 11.6. The molecule has 0 aliphatic carbocycles. The minimum atomic E-state index is -3.34. The standard InChI is InChI=1S/C2Cl3F2NS2/c3-1(4)8-10-9-2(5,6)7. The van der Waals surface area contributed by atoms with Gasteiger partial charge in [-0.3, -0.25) is 0 Å². The van der Waals surface area contributed by atoms with Gasteiger partial charge in [0.25, 0.3) is 0 Å². The molecule has 0 amide bonds. The van der Waals surface area contributed by atoms with Gasteiger partial charge in [-0.1, -0.05) is 0 Å². The summed E-state index contributed by atoms with van der Waals surface area (Å²) < 4.78 is 23.0. The average molecular weight is 247 g/mol. The zero-order valence-electron chi connectivity index (χ0n) is 4.15. The van der Waals surface area contributed by atoms with Gasteiger partial charge < -0.3 is 0 Å². The zero-order chi connectivity index (χ0) is 8.20. The van der Waals surface area contributed by atoms with Crippen molar-refractivity contribution in [1.82, 2.24) is 0 Å². The van der Waals surface area contributed by atoms with Gasteiger partial charge in [0.05, 0.1) is 11.0 Å². The average Bonchev–Trinajstić information content (AvgIpc) is 1.59. The molecule has 0 aromatic carbocycles. The number of halogens is 5. The van der Waals surface area contributed by atoms with Crippen LogP contribution in [0, 0.1) is 0 Å². The highest BCUT2D eigenvalue weighted by Crippen LogP contribution is 2.42. The van der Waals surface area contributed by atoms with E-state index in [-0.39, 0.29) is 15.4 Å². The molecule has 0 saturated heterocycles. The molecule has 0 N–H and O–H groups in total. The van der Waals surface area contributed by atoms with Gasteiger partial charge in [-0.25, -0.2) is 0 Å². The van der Waals surface area contributed by atoms with E-state index in [1.807, 2.05) is 0 Å². The molecular weight excluding hydrogens is 247 g/mol. The predicted octanol–water partition coefficient (Wildman–Crippen LogP) is 3.91. The minimum absolute atomic E-state index is 0.0543. The van der Waals surface area contributed by atoms with Gasteiger partial charge in [-0.15, -0.1) is 0 Å². The first-order valence-corrected chi connectivity index (χ1v) is 4.96.